The second-order valence-electron chi connectivity index (χ2n) is 8.16. The minimum atomic E-state index is -2.04. The molecule has 17 nitrogen and oxygen atoms in total. The van der Waals surface area contributed by atoms with E-state index in [-0.39, 0.29) is 6.29 Å². The van der Waals surface area contributed by atoms with Crippen molar-refractivity contribution >= 4 is 6.29 Å². The summed E-state index contributed by atoms with van der Waals surface area (Å²) in [7, 11) is 0. The number of rotatable bonds is 12. The van der Waals surface area contributed by atoms with Gasteiger partial charge in [0.15, 0.2) is 25.0 Å². The Morgan fingerprint density at radius 2 is 1.40 bits per heavy atom. The maximum Gasteiger partial charge on any atom is 0.189 e. The number of aldehydes is 1. The van der Waals surface area contributed by atoms with Gasteiger partial charge in [0.1, 0.15) is 67.1 Å². The van der Waals surface area contributed by atoms with Crippen LogP contribution in [0.5, 0.6) is 0 Å². The largest absolute Gasteiger partial charge is 0.394 e. The quantitative estimate of drug-likeness (QED) is 0.0842. The van der Waals surface area contributed by atoms with Gasteiger partial charge in [0, 0.05) is 0 Å². The summed E-state index contributed by atoms with van der Waals surface area (Å²) in [6, 6.07) is 0. The van der Waals surface area contributed by atoms with E-state index in [1.165, 1.54) is 0 Å². The zero-order valence-corrected chi connectivity index (χ0v) is 18.3. The molecule has 0 bridgehead atoms. The van der Waals surface area contributed by atoms with Gasteiger partial charge in [0.2, 0.25) is 0 Å². The summed E-state index contributed by atoms with van der Waals surface area (Å²) in [5.74, 6) is 5.12. The fourth-order valence-electron chi connectivity index (χ4n) is 3.52. The Morgan fingerprint density at radius 1 is 0.800 bits per heavy atom. The second-order valence-corrected chi connectivity index (χ2v) is 8.16. The Balaban J connectivity index is 2.00. The molecule has 0 unspecified atom stereocenters. The number of aliphatic hydroxyl groups excluding tert-OH is 10. The molecule has 2 rings (SSSR count). The number of hydrogen-bond acceptors (Lipinski definition) is 17. The van der Waals surface area contributed by atoms with Crippen molar-refractivity contribution in [2.75, 3.05) is 19.8 Å². The van der Waals surface area contributed by atoms with Crippen molar-refractivity contribution in [3.8, 4) is 0 Å². The van der Waals surface area contributed by atoms with Gasteiger partial charge >= 0.3 is 0 Å². The molecule has 0 aliphatic carbocycles. The summed E-state index contributed by atoms with van der Waals surface area (Å²) in [5, 5.41) is 98.2. The lowest BCUT2D eigenvalue weighted by Crippen LogP contribution is -2.62. The van der Waals surface area contributed by atoms with Gasteiger partial charge in [-0.3, -0.25) is 4.84 Å². The van der Waals surface area contributed by atoms with Crippen LogP contribution in [0.2, 0.25) is 0 Å². The van der Waals surface area contributed by atoms with Crippen LogP contribution in [0.4, 0.5) is 0 Å². The molecule has 35 heavy (non-hydrogen) atoms. The average molecular weight is 519 g/mol. The minimum absolute atomic E-state index is 0.0538. The van der Waals surface area contributed by atoms with Gasteiger partial charge in [-0.15, -0.1) is 0 Å². The van der Waals surface area contributed by atoms with Crippen LogP contribution >= 0.6 is 0 Å². The van der Waals surface area contributed by atoms with Crippen LogP contribution in [0.15, 0.2) is 0 Å². The molecule has 12 N–H and O–H groups in total. The van der Waals surface area contributed by atoms with Crippen LogP contribution < -0.4 is 5.90 Å². The lowest BCUT2D eigenvalue weighted by atomic mass is 9.98. The third-order valence-corrected chi connectivity index (χ3v) is 5.74. The molecule has 2 heterocycles. The standard InChI is InChI=1S/C18H33NO16/c19-35-16-14(29)12(27)8(4-32-17-15(30)13(28)11(26)7(2-21)33-17)34-18(16)31-3-6(23)10(25)9(24)5(22)1-20/h1,5-18,21-30H,2-4,19H2/t5-,6+,7+,8+,9+,10+,11+,12+,13-,14-,15+,16+,17-,18-/m0/s1. The molecule has 2 fully saturated rings. The van der Waals surface area contributed by atoms with Crippen LogP contribution in [0, 0.1) is 0 Å². The van der Waals surface area contributed by atoms with Crippen LogP contribution in [0.3, 0.4) is 0 Å². The molecule has 2 saturated heterocycles. The normalized spacial score (nSPS) is 41.7. The van der Waals surface area contributed by atoms with Gasteiger partial charge in [-0.25, -0.2) is 5.90 Å². The van der Waals surface area contributed by atoms with Gasteiger partial charge < -0.3 is 74.8 Å². The Kier molecular flexibility index (Phi) is 11.7. The van der Waals surface area contributed by atoms with Crippen molar-refractivity contribution in [2.45, 2.75) is 85.8 Å². The predicted molar refractivity (Wildman–Crippen MR) is 105 cm³/mol. The first-order valence-corrected chi connectivity index (χ1v) is 10.6. The second kappa shape index (κ2) is 13.5. The first-order chi connectivity index (χ1) is 16.5. The van der Waals surface area contributed by atoms with Crippen molar-refractivity contribution in [1.29, 1.82) is 0 Å². The number of carbonyl (C=O) groups is 1. The topological polar surface area (TPSA) is 292 Å². The van der Waals surface area contributed by atoms with Crippen LogP contribution in [0.1, 0.15) is 0 Å². The zero-order valence-electron chi connectivity index (χ0n) is 18.3. The number of aliphatic hydroxyl groups is 10. The summed E-state index contributed by atoms with van der Waals surface area (Å²) < 4.78 is 21.1. The van der Waals surface area contributed by atoms with Gasteiger partial charge in [-0.2, -0.15) is 0 Å². The monoisotopic (exact) mass is 519 g/mol. The maximum atomic E-state index is 10.5. The van der Waals surface area contributed by atoms with Crippen molar-refractivity contribution < 1.29 is 79.6 Å². The van der Waals surface area contributed by atoms with E-state index in [4.69, 9.17) is 24.8 Å². The fraction of sp³-hybridized carbons (Fsp3) is 0.944. The summed E-state index contributed by atoms with van der Waals surface area (Å²) >= 11 is 0. The highest BCUT2D eigenvalue weighted by molar-refractivity contribution is 5.56. The first-order valence-electron chi connectivity index (χ1n) is 10.6. The predicted octanol–water partition coefficient (Wildman–Crippen LogP) is -7.83. The molecule has 206 valence electrons. The van der Waals surface area contributed by atoms with Gasteiger partial charge in [0.05, 0.1) is 19.8 Å². The lowest BCUT2D eigenvalue weighted by molar-refractivity contribution is -0.337. The smallest absolute Gasteiger partial charge is 0.189 e. The van der Waals surface area contributed by atoms with Crippen molar-refractivity contribution in [3.05, 3.63) is 0 Å². The fourth-order valence-corrected chi connectivity index (χ4v) is 3.52. The summed E-state index contributed by atoms with van der Waals surface area (Å²) in [4.78, 5) is 15.1. The number of nitrogens with two attached hydrogens (primary N) is 1. The molecular weight excluding hydrogens is 486 g/mol. The van der Waals surface area contributed by atoms with E-state index in [0.29, 0.717) is 0 Å². The molecule has 2 aliphatic heterocycles. The van der Waals surface area contributed by atoms with Crippen LogP contribution in [-0.4, -0.2) is 163 Å². The van der Waals surface area contributed by atoms with Crippen molar-refractivity contribution in [3.63, 3.8) is 0 Å². The summed E-state index contributed by atoms with van der Waals surface area (Å²) in [6.45, 7) is -2.07. The van der Waals surface area contributed by atoms with E-state index >= 15 is 0 Å². The SMILES string of the molecule is NO[C@H]1[C@@H](OC[C@@H](O)[C@@H](O)[C@H](O)[C@@H](O)C=O)O[C@H](CO[C@H]2O[C@H](CO)[C@@H](O)[C@H](O)[C@H]2O)[C@@H](O)[C@@H]1O. The van der Waals surface area contributed by atoms with E-state index in [2.05, 4.69) is 4.84 Å². The molecule has 0 aromatic carbocycles. The molecule has 0 aromatic rings. The van der Waals surface area contributed by atoms with E-state index in [1.807, 2.05) is 0 Å². The van der Waals surface area contributed by atoms with Crippen LogP contribution in [-0.2, 0) is 28.6 Å². The van der Waals surface area contributed by atoms with Crippen molar-refractivity contribution in [2.24, 2.45) is 5.90 Å². The Bertz CT molecular complexity index is 644. The first kappa shape index (κ1) is 30.3. The lowest BCUT2D eigenvalue weighted by Gasteiger charge is -2.43. The highest BCUT2D eigenvalue weighted by Gasteiger charge is 2.48. The molecule has 0 aromatic heterocycles. The molecule has 0 spiro atoms. The zero-order chi connectivity index (χ0) is 26.4. The third-order valence-electron chi connectivity index (χ3n) is 5.74. The molecule has 0 amide bonds. The Morgan fingerprint density at radius 3 is 1.97 bits per heavy atom. The van der Waals surface area contributed by atoms with E-state index in [0.717, 1.165) is 0 Å². The molecule has 2 aliphatic rings. The van der Waals surface area contributed by atoms with E-state index in [1.54, 1.807) is 0 Å². The molecular formula is C18H33NO16. The van der Waals surface area contributed by atoms with Gasteiger partial charge in [-0.05, 0) is 0 Å². The number of carbonyl (C=O) groups excluding carboxylic acids is 1. The van der Waals surface area contributed by atoms with Gasteiger partial charge in [-0.1, -0.05) is 0 Å². The molecule has 14 atom stereocenters. The number of ether oxygens (including phenoxy) is 4. The number of hydrogen-bond donors (Lipinski definition) is 11. The van der Waals surface area contributed by atoms with Crippen LogP contribution in [0.25, 0.3) is 0 Å². The van der Waals surface area contributed by atoms with Crippen molar-refractivity contribution in [1.82, 2.24) is 0 Å². The maximum absolute atomic E-state index is 10.5. The Hall–Kier alpha value is -0.970. The highest BCUT2D eigenvalue weighted by atomic mass is 16.7. The minimum Gasteiger partial charge on any atom is -0.394 e. The third kappa shape index (κ3) is 7.08. The average Bonchev–Trinajstić information content (AvgIpc) is 2.86. The van der Waals surface area contributed by atoms with E-state index < -0.39 is 106 Å². The molecule has 17 heteroatoms. The molecule has 0 radical (unpaired) electrons. The Labute approximate surface area is 198 Å². The van der Waals surface area contributed by atoms with E-state index in [9.17, 15) is 55.9 Å². The summed E-state index contributed by atoms with van der Waals surface area (Å²) in [5.41, 5.74) is 0. The highest BCUT2D eigenvalue weighted by Crippen LogP contribution is 2.27. The van der Waals surface area contributed by atoms with Gasteiger partial charge in [0.25, 0.3) is 0 Å². The molecule has 0 saturated carbocycles. The summed E-state index contributed by atoms with van der Waals surface area (Å²) in [6.07, 6.45) is -23.7.